The van der Waals surface area contributed by atoms with Crippen LogP contribution in [0.4, 0.5) is 0 Å². The van der Waals surface area contributed by atoms with E-state index in [1.165, 1.54) is 6.20 Å². The van der Waals surface area contributed by atoms with Gasteiger partial charge >= 0.3 is 0 Å². The molecule has 0 aliphatic heterocycles. The predicted molar refractivity (Wildman–Crippen MR) is 74.5 cm³/mol. The summed E-state index contributed by atoms with van der Waals surface area (Å²) in [6.45, 7) is 0. The molecule has 0 aliphatic carbocycles. The molecule has 2 aromatic rings. The molecule has 0 atom stereocenters. The summed E-state index contributed by atoms with van der Waals surface area (Å²) < 4.78 is 5.52. The Morgan fingerprint density at radius 1 is 1.28 bits per heavy atom. The molecule has 1 heterocycles. The average molecular weight is 300 g/mol. The van der Waals surface area contributed by atoms with Crippen molar-refractivity contribution in [2.24, 2.45) is 5.73 Å². The number of benzene rings is 1. The van der Waals surface area contributed by atoms with E-state index in [4.69, 9.17) is 45.9 Å². The highest BCUT2D eigenvalue weighted by Crippen LogP contribution is 2.31. The zero-order valence-corrected chi connectivity index (χ0v) is 11.3. The van der Waals surface area contributed by atoms with Crippen molar-refractivity contribution in [3.05, 3.63) is 46.1 Å². The van der Waals surface area contributed by atoms with E-state index in [0.29, 0.717) is 21.4 Å². The van der Waals surface area contributed by atoms with Crippen LogP contribution in [-0.2, 0) is 0 Å². The highest BCUT2D eigenvalue weighted by Gasteiger charge is 2.11. The number of hydrogen-bond acceptors (Lipinski definition) is 4. The first kappa shape index (κ1) is 13.0. The molecule has 2 rings (SSSR count). The van der Waals surface area contributed by atoms with Gasteiger partial charge in [-0.3, -0.25) is 0 Å². The van der Waals surface area contributed by atoms with Gasteiger partial charge < -0.3 is 10.5 Å². The molecule has 0 saturated carbocycles. The fourth-order valence-corrected chi connectivity index (χ4v) is 1.85. The molecule has 7 heteroatoms. The van der Waals surface area contributed by atoms with E-state index in [1.807, 2.05) is 0 Å². The second-order valence-corrected chi connectivity index (χ2v) is 4.57. The number of ether oxygens (including phenoxy) is 1. The van der Waals surface area contributed by atoms with Crippen molar-refractivity contribution < 1.29 is 4.74 Å². The fraction of sp³-hybridized carbons (Fsp3) is 0. The molecular weight excluding hydrogens is 293 g/mol. The molecule has 2 N–H and O–H groups in total. The summed E-state index contributed by atoms with van der Waals surface area (Å²) in [6, 6.07) is 6.46. The average Bonchev–Trinajstić information content (AvgIpc) is 2.33. The number of hydrogen-bond donors (Lipinski definition) is 1. The van der Waals surface area contributed by atoms with Crippen LogP contribution >= 0.6 is 35.4 Å². The van der Waals surface area contributed by atoms with Crippen molar-refractivity contribution in [1.82, 2.24) is 10.2 Å². The number of nitrogens with two attached hydrogens (primary N) is 1. The van der Waals surface area contributed by atoms with Crippen LogP contribution in [0, 0.1) is 0 Å². The molecule has 92 valence electrons. The van der Waals surface area contributed by atoms with E-state index in [-0.39, 0.29) is 10.9 Å². The lowest BCUT2D eigenvalue weighted by Gasteiger charge is -2.09. The Morgan fingerprint density at radius 3 is 2.72 bits per heavy atom. The monoisotopic (exact) mass is 299 g/mol. The first-order valence-electron chi connectivity index (χ1n) is 4.82. The summed E-state index contributed by atoms with van der Waals surface area (Å²) in [5.41, 5.74) is 6.05. The summed E-state index contributed by atoms with van der Waals surface area (Å²) in [7, 11) is 0. The third-order valence-electron chi connectivity index (χ3n) is 2.05. The van der Waals surface area contributed by atoms with E-state index in [9.17, 15) is 0 Å². The lowest BCUT2D eigenvalue weighted by molar-refractivity contribution is 0.454. The van der Waals surface area contributed by atoms with Gasteiger partial charge in [-0.25, -0.2) is 0 Å². The van der Waals surface area contributed by atoms with Crippen LogP contribution in [0.25, 0.3) is 0 Å². The number of halogens is 2. The van der Waals surface area contributed by atoms with Crippen LogP contribution in [-0.4, -0.2) is 15.2 Å². The number of thiocarbonyl (C=S) groups is 1. The van der Waals surface area contributed by atoms with E-state index >= 15 is 0 Å². The van der Waals surface area contributed by atoms with Crippen LogP contribution in [0.5, 0.6) is 11.6 Å². The van der Waals surface area contributed by atoms with Crippen molar-refractivity contribution >= 4 is 40.4 Å². The van der Waals surface area contributed by atoms with Gasteiger partial charge in [0, 0.05) is 5.02 Å². The highest BCUT2D eigenvalue weighted by atomic mass is 35.5. The minimum Gasteiger partial charge on any atom is -0.435 e. The van der Waals surface area contributed by atoms with Gasteiger partial charge in [-0.2, -0.15) is 5.10 Å². The van der Waals surface area contributed by atoms with Gasteiger partial charge in [-0.15, -0.1) is 5.10 Å². The zero-order valence-electron chi connectivity index (χ0n) is 8.93. The third kappa shape index (κ3) is 2.87. The number of nitrogens with zero attached hydrogens (tertiary/aromatic N) is 2. The van der Waals surface area contributed by atoms with Gasteiger partial charge in [0.1, 0.15) is 10.7 Å². The maximum atomic E-state index is 5.99. The Labute approximate surface area is 119 Å². The predicted octanol–water partition coefficient (Wildman–Crippen LogP) is 3.21. The van der Waals surface area contributed by atoms with Crippen LogP contribution in [0.3, 0.4) is 0 Å². The summed E-state index contributed by atoms with van der Waals surface area (Å²) >= 11 is 16.7. The molecule has 1 aromatic heterocycles. The van der Waals surface area contributed by atoms with Crippen molar-refractivity contribution in [1.29, 1.82) is 0 Å². The first-order chi connectivity index (χ1) is 8.58. The molecule has 0 fully saturated rings. The van der Waals surface area contributed by atoms with Crippen LogP contribution in [0.15, 0.2) is 30.5 Å². The number of rotatable bonds is 3. The third-order valence-corrected chi connectivity index (χ3v) is 2.80. The summed E-state index contributed by atoms with van der Waals surface area (Å²) in [5.74, 6) is 0.605. The topological polar surface area (TPSA) is 61.0 Å². The molecule has 0 spiro atoms. The molecule has 0 saturated heterocycles. The van der Waals surface area contributed by atoms with Crippen LogP contribution in [0.2, 0.25) is 10.0 Å². The van der Waals surface area contributed by atoms with Crippen LogP contribution in [0.1, 0.15) is 5.56 Å². The highest BCUT2D eigenvalue weighted by molar-refractivity contribution is 7.80. The molecule has 1 aromatic carbocycles. The lowest BCUT2D eigenvalue weighted by Crippen LogP contribution is -2.12. The standard InChI is InChI=1S/C11H7Cl2N3OS/c12-6-1-2-9(8(13)5-6)17-11-7(10(14)18)3-4-15-16-11/h1-5H,(H2,14,18). The van der Waals surface area contributed by atoms with E-state index in [0.717, 1.165) is 0 Å². The minimum atomic E-state index is 0.171. The Hall–Kier alpha value is -1.43. The van der Waals surface area contributed by atoms with Gasteiger partial charge in [0.05, 0.1) is 16.8 Å². The Balaban J connectivity index is 2.37. The molecule has 4 nitrogen and oxygen atoms in total. The SMILES string of the molecule is NC(=S)c1ccnnc1Oc1ccc(Cl)cc1Cl. The molecule has 0 bridgehead atoms. The molecule has 0 aliphatic rings. The second-order valence-electron chi connectivity index (χ2n) is 3.29. The largest absolute Gasteiger partial charge is 0.435 e. The molecule has 0 unspecified atom stereocenters. The lowest BCUT2D eigenvalue weighted by atomic mass is 10.3. The van der Waals surface area contributed by atoms with Gasteiger partial charge in [0.2, 0.25) is 5.88 Å². The molecule has 0 radical (unpaired) electrons. The van der Waals surface area contributed by atoms with Crippen LogP contribution < -0.4 is 10.5 Å². The minimum absolute atomic E-state index is 0.171. The normalized spacial score (nSPS) is 10.1. The quantitative estimate of drug-likeness (QED) is 0.882. The van der Waals surface area contributed by atoms with E-state index in [1.54, 1.807) is 24.3 Å². The molecule has 0 amide bonds. The fourth-order valence-electron chi connectivity index (χ4n) is 1.24. The van der Waals surface area contributed by atoms with Gasteiger partial charge in [-0.05, 0) is 24.3 Å². The summed E-state index contributed by atoms with van der Waals surface area (Å²) in [6.07, 6.45) is 1.48. The smallest absolute Gasteiger partial charge is 0.249 e. The van der Waals surface area contributed by atoms with Crippen molar-refractivity contribution in [3.63, 3.8) is 0 Å². The van der Waals surface area contributed by atoms with Gasteiger partial charge in [-0.1, -0.05) is 35.4 Å². The Morgan fingerprint density at radius 2 is 2.06 bits per heavy atom. The maximum Gasteiger partial charge on any atom is 0.249 e. The zero-order chi connectivity index (χ0) is 13.1. The first-order valence-corrected chi connectivity index (χ1v) is 5.99. The van der Waals surface area contributed by atoms with Crippen molar-refractivity contribution in [2.45, 2.75) is 0 Å². The molecule has 18 heavy (non-hydrogen) atoms. The molecular formula is C11H7Cl2N3OS. The van der Waals surface area contributed by atoms with Gasteiger partial charge in [0.15, 0.2) is 0 Å². The Kier molecular flexibility index (Phi) is 3.96. The van der Waals surface area contributed by atoms with E-state index < -0.39 is 0 Å². The second kappa shape index (κ2) is 5.48. The summed E-state index contributed by atoms with van der Waals surface area (Å²) in [4.78, 5) is 0.171. The van der Waals surface area contributed by atoms with Crippen molar-refractivity contribution in [2.75, 3.05) is 0 Å². The van der Waals surface area contributed by atoms with Gasteiger partial charge in [0.25, 0.3) is 0 Å². The van der Waals surface area contributed by atoms with Crippen molar-refractivity contribution in [3.8, 4) is 11.6 Å². The van der Waals surface area contributed by atoms with E-state index in [2.05, 4.69) is 10.2 Å². The summed E-state index contributed by atoms with van der Waals surface area (Å²) in [5, 5.41) is 8.42. The number of aromatic nitrogens is 2. The maximum absolute atomic E-state index is 5.99. The Bertz CT molecular complexity index is 607.